The Hall–Kier alpha value is -1.08. The Morgan fingerprint density at radius 1 is 1.42 bits per heavy atom. The summed E-state index contributed by atoms with van der Waals surface area (Å²) in [6.07, 6.45) is 3.38. The van der Waals surface area contributed by atoms with Crippen LogP contribution in [0.5, 0.6) is 5.75 Å². The maximum atomic E-state index is 13.2. The van der Waals surface area contributed by atoms with E-state index in [1.54, 1.807) is 25.1 Å². The number of carboxylic acid groups (broad SMARTS) is 1. The van der Waals surface area contributed by atoms with Crippen LogP contribution in [-0.4, -0.2) is 36.7 Å². The summed E-state index contributed by atoms with van der Waals surface area (Å²) in [5.41, 5.74) is 0.266. The zero-order valence-corrected chi connectivity index (χ0v) is 16.3. The molecule has 1 aromatic carbocycles. The number of sulfone groups is 1. The highest BCUT2D eigenvalue weighted by molar-refractivity contribution is 9.09. The Bertz CT molecular complexity index is 701. The van der Waals surface area contributed by atoms with Crippen molar-refractivity contribution >= 4 is 31.7 Å². The van der Waals surface area contributed by atoms with Crippen molar-refractivity contribution in [2.24, 2.45) is 0 Å². The Balaban J connectivity index is 2.50. The number of alkyl halides is 1. The molecule has 2 rings (SSSR count). The molecule has 7 heteroatoms. The summed E-state index contributed by atoms with van der Waals surface area (Å²) >= 11 is 3.53. The maximum Gasteiger partial charge on any atom is 0.339 e. The third kappa shape index (κ3) is 3.77. The van der Waals surface area contributed by atoms with Gasteiger partial charge in [0.2, 0.25) is 0 Å². The van der Waals surface area contributed by atoms with E-state index in [1.165, 1.54) is 7.11 Å². The second kappa shape index (κ2) is 7.87. The van der Waals surface area contributed by atoms with Crippen molar-refractivity contribution < 1.29 is 23.1 Å². The summed E-state index contributed by atoms with van der Waals surface area (Å²) in [5.74, 6) is -0.978. The summed E-state index contributed by atoms with van der Waals surface area (Å²) in [5, 5.41) is 8.29. The molecule has 24 heavy (non-hydrogen) atoms. The van der Waals surface area contributed by atoms with E-state index >= 15 is 0 Å². The first-order valence-corrected chi connectivity index (χ1v) is 10.6. The van der Waals surface area contributed by atoms with E-state index < -0.39 is 26.3 Å². The molecular weight excluding hydrogens is 396 g/mol. The van der Waals surface area contributed by atoms with Gasteiger partial charge in [-0.2, -0.15) is 0 Å². The number of methoxy groups -OCH3 is 1. The van der Waals surface area contributed by atoms with Gasteiger partial charge >= 0.3 is 5.97 Å². The lowest BCUT2D eigenvalue weighted by atomic mass is 10.00. The zero-order valence-electron chi connectivity index (χ0n) is 13.9. The van der Waals surface area contributed by atoms with Crippen molar-refractivity contribution in [3.05, 3.63) is 29.3 Å². The lowest BCUT2D eigenvalue weighted by molar-refractivity contribution is 0.0692. The van der Waals surface area contributed by atoms with E-state index in [2.05, 4.69) is 15.9 Å². The molecule has 1 aliphatic carbocycles. The van der Waals surface area contributed by atoms with Gasteiger partial charge in [0.1, 0.15) is 11.3 Å². The SMILES string of the molecule is CCC(c1cccc(OC)c1C(=O)O)S(=O)(=O)C1CCCC(Br)C1. The summed E-state index contributed by atoms with van der Waals surface area (Å²) in [6.45, 7) is 1.78. The van der Waals surface area contributed by atoms with Crippen molar-refractivity contribution in [1.82, 2.24) is 0 Å². The Kier molecular flexibility index (Phi) is 6.31. The second-order valence-electron chi connectivity index (χ2n) is 6.10. The number of carboxylic acids is 1. The van der Waals surface area contributed by atoms with Gasteiger partial charge in [-0.1, -0.05) is 41.4 Å². The van der Waals surface area contributed by atoms with Crippen LogP contribution >= 0.6 is 15.9 Å². The number of carbonyl (C=O) groups is 1. The predicted molar refractivity (Wildman–Crippen MR) is 96.9 cm³/mol. The topological polar surface area (TPSA) is 80.7 Å². The van der Waals surface area contributed by atoms with E-state index in [9.17, 15) is 18.3 Å². The number of rotatable bonds is 6. The average molecular weight is 419 g/mol. The van der Waals surface area contributed by atoms with Gasteiger partial charge in [-0.05, 0) is 37.3 Å². The fraction of sp³-hybridized carbons (Fsp3) is 0.588. The van der Waals surface area contributed by atoms with Crippen LogP contribution in [0.1, 0.15) is 60.2 Å². The first-order valence-electron chi connectivity index (χ1n) is 8.09. The van der Waals surface area contributed by atoms with Crippen molar-refractivity contribution in [3.8, 4) is 5.75 Å². The summed E-state index contributed by atoms with van der Waals surface area (Å²) in [7, 11) is -2.10. The van der Waals surface area contributed by atoms with E-state index in [1.807, 2.05) is 0 Å². The van der Waals surface area contributed by atoms with Crippen molar-refractivity contribution in [2.45, 2.75) is 54.4 Å². The highest BCUT2D eigenvalue weighted by Gasteiger charge is 2.38. The first kappa shape index (κ1) is 19.2. The molecule has 3 unspecified atom stereocenters. The van der Waals surface area contributed by atoms with Crippen LogP contribution < -0.4 is 4.74 Å². The molecule has 1 saturated carbocycles. The minimum absolute atomic E-state index is 0.0540. The molecule has 0 amide bonds. The second-order valence-corrected chi connectivity index (χ2v) is 9.81. The molecule has 0 radical (unpaired) electrons. The molecule has 0 saturated heterocycles. The molecular formula is C17H23BrO5S. The lowest BCUT2D eigenvalue weighted by Crippen LogP contribution is -2.32. The summed E-state index contributed by atoms with van der Waals surface area (Å²) < 4.78 is 31.5. The van der Waals surface area contributed by atoms with Gasteiger partial charge in [-0.15, -0.1) is 0 Å². The van der Waals surface area contributed by atoms with Gasteiger partial charge in [0.05, 0.1) is 17.6 Å². The van der Waals surface area contributed by atoms with Gasteiger partial charge in [-0.25, -0.2) is 13.2 Å². The normalized spacial score (nSPS) is 22.8. The predicted octanol–water partition coefficient (Wildman–Crippen LogP) is 3.97. The number of benzene rings is 1. The molecule has 1 aliphatic rings. The van der Waals surface area contributed by atoms with Crippen LogP contribution in [0.2, 0.25) is 0 Å². The highest BCUT2D eigenvalue weighted by Crippen LogP contribution is 2.39. The zero-order chi connectivity index (χ0) is 17.9. The van der Waals surface area contributed by atoms with Crippen LogP contribution in [0.4, 0.5) is 0 Å². The monoisotopic (exact) mass is 418 g/mol. The Morgan fingerprint density at radius 3 is 2.67 bits per heavy atom. The number of hydrogen-bond acceptors (Lipinski definition) is 4. The average Bonchev–Trinajstić information content (AvgIpc) is 2.54. The van der Waals surface area contributed by atoms with Gasteiger partial charge in [0.15, 0.2) is 9.84 Å². The number of aromatic carboxylic acids is 1. The van der Waals surface area contributed by atoms with E-state index in [-0.39, 0.29) is 16.1 Å². The Labute approximate surface area is 151 Å². The standard InChI is InChI=1S/C17H23BrO5S/c1-3-15(24(21,22)12-7-4-6-11(18)10-12)13-8-5-9-14(23-2)16(13)17(19)20/h5,8-9,11-12,15H,3-4,6-7,10H2,1-2H3,(H,19,20). The molecule has 1 aromatic rings. The number of halogens is 1. The fourth-order valence-corrected chi connectivity index (χ4v) is 6.96. The van der Waals surface area contributed by atoms with Crippen LogP contribution in [0.15, 0.2) is 18.2 Å². The molecule has 5 nitrogen and oxygen atoms in total. The summed E-state index contributed by atoms with van der Waals surface area (Å²) in [6, 6.07) is 4.78. The third-order valence-electron chi connectivity index (χ3n) is 4.63. The fourth-order valence-electron chi connectivity index (χ4n) is 3.46. The molecule has 134 valence electrons. The molecule has 1 fully saturated rings. The minimum Gasteiger partial charge on any atom is -0.496 e. The van der Waals surface area contributed by atoms with E-state index in [0.29, 0.717) is 24.8 Å². The Morgan fingerprint density at radius 2 is 2.12 bits per heavy atom. The largest absolute Gasteiger partial charge is 0.496 e. The van der Waals surface area contributed by atoms with E-state index in [0.717, 1.165) is 12.8 Å². The minimum atomic E-state index is -3.49. The number of hydrogen-bond donors (Lipinski definition) is 1. The van der Waals surface area contributed by atoms with Crippen molar-refractivity contribution in [2.75, 3.05) is 7.11 Å². The van der Waals surface area contributed by atoms with Crippen LogP contribution in [0.25, 0.3) is 0 Å². The van der Waals surface area contributed by atoms with Crippen molar-refractivity contribution in [1.29, 1.82) is 0 Å². The van der Waals surface area contributed by atoms with Gasteiger partial charge < -0.3 is 9.84 Å². The molecule has 1 N–H and O–H groups in total. The van der Waals surface area contributed by atoms with Crippen molar-refractivity contribution in [3.63, 3.8) is 0 Å². The van der Waals surface area contributed by atoms with Gasteiger partial charge in [0.25, 0.3) is 0 Å². The lowest BCUT2D eigenvalue weighted by Gasteiger charge is -2.30. The summed E-state index contributed by atoms with van der Waals surface area (Å²) in [4.78, 5) is 11.9. The molecule has 0 aromatic heterocycles. The third-order valence-corrected chi connectivity index (χ3v) is 8.20. The molecule has 3 atom stereocenters. The molecule has 0 bridgehead atoms. The number of ether oxygens (including phenoxy) is 1. The molecule has 0 spiro atoms. The van der Waals surface area contributed by atoms with Gasteiger partial charge in [0, 0.05) is 4.83 Å². The van der Waals surface area contributed by atoms with Gasteiger partial charge in [-0.3, -0.25) is 0 Å². The maximum absolute atomic E-state index is 13.2. The van der Waals surface area contributed by atoms with E-state index in [4.69, 9.17) is 4.74 Å². The van der Waals surface area contributed by atoms with Crippen LogP contribution in [0.3, 0.4) is 0 Å². The molecule has 0 aliphatic heterocycles. The smallest absolute Gasteiger partial charge is 0.339 e. The first-order chi connectivity index (χ1) is 11.3. The quantitative estimate of drug-likeness (QED) is 0.706. The van der Waals surface area contributed by atoms with Crippen LogP contribution in [0, 0.1) is 0 Å². The molecule has 0 heterocycles. The van der Waals surface area contributed by atoms with Crippen LogP contribution in [-0.2, 0) is 9.84 Å². The highest BCUT2D eigenvalue weighted by atomic mass is 79.9.